The van der Waals surface area contributed by atoms with Gasteiger partial charge >= 0.3 is 32.8 Å². The highest BCUT2D eigenvalue weighted by Gasteiger charge is 2.46. The van der Waals surface area contributed by atoms with Gasteiger partial charge in [-0.1, -0.05) is 64.1 Å². The van der Waals surface area contributed by atoms with Crippen molar-refractivity contribution in [1.82, 2.24) is 41.7 Å². The van der Waals surface area contributed by atoms with E-state index in [1.54, 1.807) is 30.3 Å². The summed E-state index contributed by atoms with van der Waals surface area (Å²) in [5, 5.41) is 29.0. The van der Waals surface area contributed by atoms with E-state index in [1.165, 1.54) is 47.6 Å². The van der Waals surface area contributed by atoms with Gasteiger partial charge < -0.3 is 65.2 Å². The summed E-state index contributed by atoms with van der Waals surface area (Å²) in [6, 6.07) is -1.83. The first-order valence-corrected chi connectivity index (χ1v) is 27.0. The maximum Gasteiger partial charge on any atom is 0.446 e. The number of allylic oxidation sites excluding steroid dienone is 1. The predicted octanol–water partition coefficient (Wildman–Crippen LogP) is -0.897. The fourth-order valence-corrected chi connectivity index (χ4v) is 9.21. The summed E-state index contributed by atoms with van der Waals surface area (Å²) in [4.78, 5) is 131. The first kappa shape index (κ1) is 60.5. The average Bonchev–Trinajstić information content (AvgIpc) is 3.34. The van der Waals surface area contributed by atoms with Crippen molar-refractivity contribution >= 4 is 79.8 Å². The molecule has 30 heteroatoms. The van der Waals surface area contributed by atoms with E-state index in [2.05, 4.69) is 45.6 Å². The second-order valence-electron chi connectivity index (χ2n) is 19.0. The fourth-order valence-electron chi connectivity index (χ4n) is 8.50. The molecular formula is C47H63N9O19S2. The van der Waals surface area contributed by atoms with E-state index in [0.29, 0.717) is 17.7 Å². The standard InChI is InChI=1S/C47H63N9O19S2/c1-8-28-40(59)51-30-16-17-36(57)56(44(30)63)33(19-26-13-10-9-11-14-26)45(64)55(7)32-20-27-21-34(74-76(67,68)69)35(75-77(70,71)72)22-31(27)52-47(66)48-18-12-15-29(50-39(58)24(4)5)41(60)54-38(43(62)49-28)25(6)73-46(65)37(23(2)3)53-42(32)61/h8-11,13-14,21-25,29-30,32-33,36-38,57H,12,15-20H2,1-7H3,(H,49,62)(H,50,58)(H,51,59)(H,53,61)(H,54,60)(H2,48,52,66)(H,67,68,69)(H,70,71,72)/b28-8-/t25-,29+,30-,32-,33+,36+,37-,38-/m0/s1. The summed E-state index contributed by atoms with van der Waals surface area (Å²) in [5.74, 6) is -12.1. The number of ether oxygens (including phenoxy) is 1. The number of carbonyl (C=O) groups is 9. The number of anilines is 1. The molecule has 2 aromatic carbocycles. The van der Waals surface area contributed by atoms with Crippen LogP contribution >= 0.6 is 0 Å². The topological polar surface area (TPSA) is 401 Å². The van der Waals surface area contributed by atoms with Crippen LogP contribution in [0.3, 0.4) is 0 Å². The quantitative estimate of drug-likeness (QED) is 0.0826. The second kappa shape index (κ2) is 25.6. The number of aliphatic hydroxyl groups is 1. The molecule has 0 radical (unpaired) electrons. The van der Waals surface area contributed by atoms with Crippen molar-refractivity contribution in [2.75, 3.05) is 18.9 Å². The zero-order chi connectivity index (χ0) is 57.3. The van der Waals surface area contributed by atoms with Crippen LogP contribution in [-0.4, -0.2) is 156 Å². The van der Waals surface area contributed by atoms with Crippen LogP contribution in [0.5, 0.6) is 11.5 Å². The largest absolute Gasteiger partial charge is 0.458 e. The molecule has 0 aliphatic carbocycles. The summed E-state index contributed by atoms with van der Waals surface area (Å²) in [6.45, 7) is 8.30. The molecule has 4 bridgehead atoms. The minimum Gasteiger partial charge on any atom is -0.458 e. The molecular weight excluding hydrogens is 1060 g/mol. The number of amides is 9. The lowest BCUT2D eigenvalue weighted by molar-refractivity contribution is -0.165. The van der Waals surface area contributed by atoms with E-state index in [0.717, 1.165) is 16.8 Å². The van der Waals surface area contributed by atoms with Crippen molar-refractivity contribution in [3.05, 3.63) is 65.4 Å². The minimum absolute atomic E-state index is 0.0970. The summed E-state index contributed by atoms with van der Waals surface area (Å²) in [6.07, 6.45) is -4.13. The monoisotopic (exact) mass is 1120 g/mol. The lowest BCUT2D eigenvalue weighted by atomic mass is 9.95. The van der Waals surface area contributed by atoms with Crippen molar-refractivity contribution in [3.63, 3.8) is 0 Å². The third-order valence-corrected chi connectivity index (χ3v) is 13.4. The van der Waals surface area contributed by atoms with Crippen LogP contribution in [0.15, 0.2) is 54.2 Å². The molecule has 0 aromatic heterocycles. The average molecular weight is 1120 g/mol. The molecule has 3 heterocycles. The van der Waals surface area contributed by atoms with Crippen molar-refractivity contribution in [1.29, 1.82) is 0 Å². The van der Waals surface area contributed by atoms with Gasteiger partial charge in [-0.15, -0.1) is 0 Å². The van der Waals surface area contributed by atoms with Crippen molar-refractivity contribution in [2.24, 2.45) is 11.8 Å². The predicted molar refractivity (Wildman–Crippen MR) is 268 cm³/mol. The Bertz CT molecular complexity index is 2870. The Balaban J connectivity index is 1.83. The zero-order valence-corrected chi connectivity index (χ0v) is 44.6. The van der Waals surface area contributed by atoms with Crippen molar-refractivity contribution in [2.45, 2.75) is 129 Å². The molecule has 5 rings (SSSR count). The van der Waals surface area contributed by atoms with Gasteiger partial charge in [0.1, 0.15) is 54.3 Å². The molecule has 2 aromatic rings. The molecule has 2 saturated heterocycles. The van der Waals surface area contributed by atoms with Gasteiger partial charge in [0.2, 0.25) is 29.5 Å². The number of esters is 1. The van der Waals surface area contributed by atoms with E-state index < -0.39 is 169 Å². The summed E-state index contributed by atoms with van der Waals surface area (Å²) in [7, 11) is -10.0. The Morgan fingerprint density at radius 1 is 0.844 bits per heavy atom. The van der Waals surface area contributed by atoms with Gasteiger partial charge in [0.25, 0.3) is 11.8 Å². The highest BCUT2D eigenvalue weighted by Crippen LogP contribution is 2.37. The molecule has 9 amide bonds. The number of hydrogen-bond acceptors (Lipinski definition) is 17. The van der Waals surface area contributed by atoms with Gasteiger partial charge in [-0.3, -0.25) is 42.7 Å². The number of rotatable bonds is 9. The van der Waals surface area contributed by atoms with Crippen molar-refractivity contribution in [3.8, 4) is 11.5 Å². The lowest BCUT2D eigenvalue weighted by Crippen LogP contribution is -2.64. The van der Waals surface area contributed by atoms with E-state index in [9.17, 15) is 64.6 Å². The molecule has 0 unspecified atom stereocenters. The SMILES string of the molecule is C/C=C1\NC(=O)[C@H]2NC(=O)[C@H](NC(=O)C(C)C)CCCNC(=O)Nc3cc(OS(=O)(=O)O)c(OS(=O)(=O)O)cc3C[C@@H](C(=O)N[C@@H](C(C)C)C(=O)O[C@H]2C)N(C)C(=O)[C@@H](Cc2ccccc2)N2C(=O)[C@H](CC[C@H]2O)NC1=O. The van der Waals surface area contributed by atoms with Crippen LogP contribution in [0.1, 0.15) is 78.4 Å². The van der Waals surface area contributed by atoms with E-state index >= 15 is 9.59 Å². The van der Waals surface area contributed by atoms with Gasteiger partial charge in [-0.05, 0) is 62.6 Å². The Morgan fingerprint density at radius 2 is 1.48 bits per heavy atom. The number of nitrogens with one attached hydrogen (secondary N) is 7. The third kappa shape index (κ3) is 16.3. The van der Waals surface area contributed by atoms with Crippen LogP contribution in [0, 0.1) is 11.8 Å². The Hall–Kier alpha value is -7.41. The fraction of sp³-hybridized carbons (Fsp3) is 0.511. The van der Waals surface area contributed by atoms with Crippen LogP contribution in [0.4, 0.5) is 10.5 Å². The van der Waals surface area contributed by atoms with Gasteiger partial charge in [0, 0.05) is 44.1 Å². The number of benzene rings is 2. The number of piperidine rings is 1. The molecule has 2 fully saturated rings. The Morgan fingerprint density at radius 3 is 2.08 bits per heavy atom. The van der Waals surface area contributed by atoms with Gasteiger partial charge in [0.15, 0.2) is 11.5 Å². The Kier molecular flexibility index (Phi) is 20.1. The smallest absolute Gasteiger partial charge is 0.446 e. The van der Waals surface area contributed by atoms with Crippen LogP contribution in [0.2, 0.25) is 0 Å². The maximum absolute atomic E-state index is 15.4. The molecule has 0 saturated carbocycles. The third-order valence-electron chi connectivity index (χ3n) is 12.6. The summed E-state index contributed by atoms with van der Waals surface area (Å²) in [5.41, 5.74) is -0.948. The lowest BCUT2D eigenvalue weighted by Gasteiger charge is -2.43. The molecule has 8 atom stereocenters. The van der Waals surface area contributed by atoms with Crippen molar-refractivity contribution < 1.29 is 87.3 Å². The first-order chi connectivity index (χ1) is 36.0. The number of carbonyl (C=O) groups excluding carboxylic acids is 9. The van der Waals surface area contributed by atoms with Crippen LogP contribution in [-0.2, 0) is 76.7 Å². The van der Waals surface area contributed by atoms with E-state index in [1.807, 2.05) is 0 Å². The van der Waals surface area contributed by atoms with E-state index in [4.69, 9.17) is 4.74 Å². The molecule has 0 spiro atoms. The summed E-state index contributed by atoms with van der Waals surface area (Å²) >= 11 is 0. The van der Waals surface area contributed by atoms with E-state index in [-0.39, 0.29) is 38.6 Å². The number of aliphatic hydroxyl groups excluding tert-OH is 1. The molecule has 77 heavy (non-hydrogen) atoms. The Labute approximate surface area is 443 Å². The summed E-state index contributed by atoms with van der Waals surface area (Å²) < 4.78 is 82.8. The second-order valence-corrected chi connectivity index (χ2v) is 21.0. The number of likely N-dealkylation sites (N-methyl/N-ethyl adjacent to an activating group) is 1. The molecule has 28 nitrogen and oxygen atoms in total. The van der Waals surface area contributed by atoms with Gasteiger partial charge in [-0.25, -0.2) is 9.59 Å². The maximum atomic E-state index is 15.4. The zero-order valence-electron chi connectivity index (χ0n) is 42.9. The van der Waals surface area contributed by atoms with Crippen LogP contribution in [0.25, 0.3) is 0 Å². The van der Waals surface area contributed by atoms with Gasteiger partial charge in [0.05, 0.1) is 0 Å². The molecule has 10 N–H and O–H groups in total. The van der Waals surface area contributed by atoms with Crippen LogP contribution < -0.4 is 45.6 Å². The number of fused-ring (bicyclic) bond motifs is 10. The minimum atomic E-state index is -5.57. The number of hydrogen-bond donors (Lipinski definition) is 10. The molecule has 422 valence electrons. The number of urea groups is 1. The first-order valence-electron chi connectivity index (χ1n) is 24.2. The highest BCUT2D eigenvalue weighted by atomic mass is 32.3. The molecule has 3 aliphatic heterocycles. The normalized spacial score (nSPS) is 25.6. The molecule has 3 aliphatic rings. The number of nitrogens with zero attached hydrogens (tertiary/aromatic N) is 2. The highest BCUT2D eigenvalue weighted by molar-refractivity contribution is 7.81. The van der Waals surface area contributed by atoms with Gasteiger partial charge in [-0.2, -0.15) is 16.8 Å².